The van der Waals surface area contributed by atoms with Crippen molar-refractivity contribution in [3.8, 4) is 5.75 Å². The number of aromatic hydroxyl groups is 1. The Balaban J connectivity index is 2.94. The zero-order valence-electron chi connectivity index (χ0n) is 10.7. The van der Waals surface area contributed by atoms with E-state index < -0.39 is 5.60 Å². The van der Waals surface area contributed by atoms with Gasteiger partial charge in [0, 0.05) is 25.3 Å². The smallest absolute Gasteiger partial charge is 0.163 e. The Hall–Kier alpha value is -1.55. The van der Waals surface area contributed by atoms with Gasteiger partial charge >= 0.3 is 0 Å². The van der Waals surface area contributed by atoms with Crippen molar-refractivity contribution >= 4 is 11.5 Å². The van der Waals surface area contributed by atoms with Crippen LogP contribution in [-0.2, 0) is 0 Å². The molecule has 1 aromatic rings. The van der Waals surface area contributed by atoms with Gasteiger partial charge < -0.3 is 15.1 Å². The first-order chi connectivity index (χ1) is 7.70. The van der Waals surface area contributed by atoms with Crippen molar-refractivity contribution in [2.75, 3.05) is 18.5 Å². The van der Waals surface area contributed by atoms with E-state index in [4.69, 9.17) is 0 Å². The maximum Gasteiger partial charge on any atom is 0.163 e. The fourth-order valence-corrected chi connectivity index (χ4v) is 1.73. The second kappa shape index (κ2) is 4.75. The van der Waals surface area contributed by atoms with E-state index in [1.807, 2.05) is 11.9 Å². The summed E-state index contributed by atoms with van der Waals surface area (Å²) in [4.78, 5) is 13.0. The minimum atomic E-state index is -0.816. The van der Waals surface area contributed by atoms with E-state index >= 15 is 0 Å². The Kier molecular flexibility index (Phi) is 3.78. The number of phenolic OH excluding ortho intramolecular Hbond substituents is 1. The number of rotatable bonds is 4. The summed E-state index contributed by atoms with van der Waals surface area (Å²) in [7, 11) is 1.82. The summed E-state index contributed by atoms with van der Waals surface area (Å²) in [6, 6.07) is 4.87. The third kappa shape index (κ3) is 3.75. The predicted octanol–water partition coefficient (Wildman–Crippen LogP) is 1.80. The van der Waals surface area contributed by atoms with Gasteiger partial charge in [0.15, 0.2) is 5.78 Å². The first kappa shape index (κ1) is 13.5. The number of hydrogen-bond acceptors (Lipinski definition) is 4. The molecule has 4 heteroatoms. The number of aliphatic hydroxyl groups is 1. The molecule has 0 atom stereocenters. The third-order valence-corrected chi connectivity index (χ3v) is 2.43. The minimum absolute atomic E-state index is 0.0300. The third-order valence-electron chi connectivity index (χ3n) is 2.43. The first-order valence-corrected chi connectivity index (χ1v) is 5.48. The van der Waals surface area contributed by atoms with Crippen LogP contribution in [0.3, 0.4) is 0 Å². The number of carbonyl (C=O) groups excluding carboxylic acids is 1. The Labute approximate surface area is 101 Å². The van der Waals surface area contributed by atoms with Gasteiger partial charge in [-0.05, 0) is 32.9 Å². The van der Waals surface area contributed by atoms with Gasteiger partial charge in [0.2, 0.25) is 0 Å². The maximum atomic E-state index is 11.2. The lowest BCUT2D eigenvalue weighted by molar-refractivity contribution is 0.0885. The van der Waals surface area contributed by atoms with Gasteiger partial charge in [-0.25, -0.2) is 0 Å². The van der Waals surface area contributed by atoms with Crippen molar-refractivity contribution in [1.82, 2.24) is 0 Å². The molecule has 94 valence electrons. The zero-order valence-corrected chi connectivity index (χ0v) is 10.7. The summed E-state index contributed by atoms with van der Waals surface area (Å²) in [5, 5.41) is 19.4. The van der Waals surface area contributed by atoms with Crippen LogP contribution in [0.15, 0.2) is 18.2 Å². The van der Waals surface area contributed by atoms with Crippen LogP contribution in [0.25, 0.3) is 0 Å². The molecule has 1 aromatic carbocycles. The van der Waals surface area contributed by atoms with Crippen LogP contribution in [0.4, 0.5) is 5.69 Å². The van der Waals surface area contributed by atoms with E-state index in [2.05, 4.69) is 0 Å². The van der Waals surface area contributed by atoms with Crippen molar-refractivity contribution in [3.63, 3.8) is 0 Å². The molecule has 0 saturated carbocycles. The summed E-state index contributed by atoms with van der Waals surface area (Å²) in [6.45, 7) is 5.28. The Bertz CT molecular complexity index is 421. The van der Waals surface area contributed by atoms with E-state index in [-0.39, 0.29) is 11.5 Å². The van der Waals surface area contributed by atoms with Gasteiger partial charge in [-0.2, -0.15) is 0 Å². The standard InChI is InChI=1S/C13H19NO3/c1-9(15)11-6-5-10(7-12(11)16)14(4)8-13(2,3)17/h5-7,16-17H,8H2,1-4H3. The summed E-state index contributed by atoms with van der Waals surface area (Å²) in [5.74, 6) is -0.197. The van der Waals surface area contributed by atoms with Gasteiger partial charge in [-0.15, -0.1) is 0 Å². The van der Waals surface area contributed by atoms with Crippen molar-refractivity contribution in [1.29, 1.82) is 0 Å². The highest BCUT2D eigenvalue weighted by molar-refractivity contribution is 5.97. The van der Waals surface area contributed by atoms with Crippen LogP contribution >= 0.6 is 0 Å². The number of benzene rings is 1. The van der Waals surface area contributed by atoms with Gasteiger partial charge in [0.25, 0.3) is 0 Å². The van der Waals surface area contributed by atoms with Crippen LogP contribution in [-0.4, -0.2) is 35.2 Å². The Morgan fingerprint density at radius 3 is 2.41 bits per heavy atom. The molecule has 0 aliphatic carbocycles. The second-order valence-electron chi connectivity index (χ2n) is 4.93. The van der Waals surface area contributed by atoms with Crippen molar-refractivity contribution < 1.29 is 15.0 Å². The molecular formula is C13H19NO3. The van der Waals surface area contributed by atoms with E-state index in [1.54, 1.807) is 26.0 Å². The van der Waals surface area contributed by atoms with Crippen molar-refractivity contribution in [2.45, 2.75) is 26.4 Å². The Morgan fingerprint density at radius 2 is 2.00 bits per heavy atom. The normalized spacial score (nSPS) is 11.4. The molecule has 0 spiro atoms. The SMILES string of the molecule is CC(=O)c1ccc(N(C)CC(C)(C)O)cc1O. The number of ketones is 1. The van der Waals surface area contributed by atoms with Crippen LogP contribution in [0.5, 0.6) is 5.75 Å². The highest BCUT2D eigenvalue weighted by atomic mass is 16.3. The van der Waals surface area contributed by atoms with Crippen molar-refractivity contribution in [2.24, 2.45) is 0 Å². The van der Waals surface area contributed by atoms with Crippen LogP contribution < -0.4 is 4.90 Å². The molecular weight excluding hydrogens is 218 g/mol. The van der Waals surface area contributed by atoms with Crippen LogP contribution in [0.2, 0.25) is 0 Å². The van der Waals surface area contributed by atoms with Gasteiger partial charge in [0.1, 0.15) is 5.75 Å². The minimum Gasteiger partial charge on any atom is -0.507 e. The topological polar surface area (TPSA) is 60.8 Å². The quantitative estimate of drug-likeness (QED) is 0.784. The van der Waals surface area contributed by atoms with E-state index in [0.29, 0.717) is 12.1 Å². The monoisotopic (exact) mass is 237 g/mol. The molecule has 0 fully saturated rings. The van der Waals surface area contributed by atoms with E-state index in [0.717, 1.165) is 5.69 Å². The molecule has 0 aliphatic heterocycles. The molecule has 17 heavy (non-hydrogen) atoms. The lowest BCUT2D eigenvalue weighted by Crippen LogP contribution is -2.36. The summed E-state index contributed by atoms with van der Waals surface area (Å²) in [6.07, 6.45) is 0. The lowest BCUT2D eigenvalue weighted by atomic mass is 10.1. The molecule has 4 nitrogen and oxygen atoms in total. The maximum absolute atomic E-state index is 11.2. The molecule has 0 amide bonds. The number of carbonyl (C=O) groups is 1. The van der Waals surface area contributed by atoms with Crippen molar-refractivity contribution in [3.05, 3.63) is 23.8 Å². The Morgan fingerprint density at radius 1 is 1.41 bits per heavy atom. The number of hydrogen-bond donors (Lipinski definition) is 2. The molecule has 2 N–H and O–H groups in total. The molecule has 1 rings (SSSR count). The molecule has 0 aromatic heterocycles. The zero-order chi connectivity index (χ0) is 13.2. The number of phenols is 1. The van der Waals surface area contributed by atoms with E-state index in [9.17, 15) is 15.0 Å². The molecule has 0 radical (unpaired) electrons. The summed E-state index contributed by atoms with van der Waals surface area (Å²) >= 11 is 0. The predicted molar refractivity (Wildman–Crippen MR) is 67.7 cm³/mol. The fourth-order valence-electron chi connectivity index (χ4n) is 1.73. The number of anilines is 1. The molecule has 0 heterocycles. The van der Waals surface area contributed by atoms with Crippen LogP contribution in [0, 0.1) is 0 Å². The van der Waals surface area contributed by atoms with Gasteiger partial charge in [-0.3, -0.25) is 4.79 Å². The highest BCUT2D eigenvalue weighted by Crippen LogP contribution is 2.25. The molecule has 0 unspecified atom stereocenters. The lowest BCUT2D eigenvalue weighted by Gasteiger charge is -2.27. The number of Topliss-reactive ketones (excluding diaryl/α,β-unsaturated/α-hetero) is 1. The second-order valence-corrected chi connectivity index (χ2v) is 4.93. The average molecular weight is 237 g/mol. The molecule has 0 saturated heterocycles. The highest BCUT2D eigenvalue weighted by Gasteiger charge is 2.17. The van der Waals surface area contributed by atoms with Gasteiger partial charge in [0.05, 0.1) is 11.2 Å². The average Bonchev–Trinajstić information content (AvgIpc) is 2.14. The molecule has 0 bridgehead atoms. The fraction of sp³-hybridized carbons (Fsp3) is 0.462. The summed E-state index contributed by atoms with van der Waals surface area (Å²) < 4.78 is 0. The number of nitrogens with zero attached hydrogens (tertiary/aromatic N) is 1. The van der Waals surface area contributed by atoms with Gasteiger partial charge in [-0.1, -0.05) is 0 Å². The summed E-state index contributed by atoms with van der Waals surface area (Å²) in [5.41, 5.74) is 0.254. The first-order valence-electron chi connectivity index (χ1n) is 5.48. The largest absolute Gasteiger partial charge is 0.507 e. The van der Waals surface area contributed by atoms with E-state index in [1.165, 1.54) is 13.0 Å². The number of likely N-dealkylation sites (N-methyl/N-ethyl adjacent to an activating group) is 1. The molecule has 0 aliphatic rings. The van der Waals surface area contributed by atoms with Crippen LogP contribution in [0.1, 0.15) is 31.1 Å².